The summed E-state index contributed by atoms with van der Waals surface area (Å²) >= 11 is 0. The summed E-state index contributed by atoms with van der Waals surface area (Å²) in [5.41, 5.74) is 12.0. The van der Waals surface area contributed by atoms with E-state index >= 15 is 0 Å². The van der Waals surface area contributed by atoms with Gasteiger partial charge in [-0.1, -0.05) is 135 Å². The zero-order valence-electron chi connectivity index (χ0n) is 32.1. The Kier molecular flexibility index (Phi) is 22.6. The molecule has 0 aliphatic rings. The maximum absolute atomic E-state index is 13.1. The molecule has 0 saturated heterocycles. The van der Waals surface area contributed by atoms with Crippen LogP contribution in [0.1, 0.15) is 181 Å². The van der Waals surface area contributed by atoms with Crippen molar-refractivity contribution in [2.45, 2.75) is 162 Å². The van der Waals surface area contributed by atoms with E-state index in [0.29, 0.717) is 38.5 Å². The molecule has 1 unspecified atom stereocenters. The quantitative estimate of drug-likeness (QED) is 0.0421. The van der Waals surface area contributed by atoms with Gasteiger partial charge >= 0.3 is 0 Å². The maximum atomic E-state index is 13.1. The summed E-state index contributed by atoms with van der Waals surface area (Å²) in [6.45, 7) is 6.43. The number of rotatable bonds is 26. The lowest BCUT2D eigenvalue weighted by atomic mass is 9.94. The number of nitrogens with one attached hydrogen (secondary N) is 4. The van der Waals surface area contributed by atoms with Gasteiger partial charge in [0, 0.05) is 12.3 Å². The summed E-state index contributed by atoms with van der Waals surface area (Å²) in [4.78, 5) is 51.6. The zero-order valence-corrected chi connectivity index (χ0v) is 32.1. The normalized spacial score (nSPS) is 11.5. The molecule has 2 rings (SSSR count). The monoisotopic (exact) mass is 722 g/mol. The summed E-state index contributed by atoms with van der Waals surface area (Å²) in [6, 6.07) is 10.1. The van der Waals surface area contributed by atoms with E-state index in [4.69, 9.17) is 0 Å². The van der Waals surface area contributed by atoms with Crippen LogP contribution in [0.15, 0.2) is 36.4 Å². The molecule has 2 aromatic rings. The first kappa shape index (κ1) is 44.1. The smallest absolute Gasteiger partial charge is 0.273 e. The molecule has 0 fully saturated rings. The van der Waals surface area contributed by atoms with Gasteiger partial charge in [-0.25, -0.2) is 0 Å². The Hall–Kier alpha value is -4.08. The zero-order chi connectivity index (χ0) is 38.0. The number of hydrogen-bond acceptors (Lipinski definition) is 6. The third kappa shape index (κ3) is 17.0. The van der Waals surface area contributed by atoms with Crippen LogP contribution in [-0.2, 0) is 22.4 Å². The molecule has 0 spiro atoms. The predicted octanol–water partition coefficient (Wildman–Crippen LogP) is 8.88. The molecule has 0 bridgehead atoms. The van der Waals surface area contributed by atoms with Crippen molar-refractivity contribution in [1.82, 2.24) is 21.7 Å². The Bertz CT molecular complexity index is 1360. The minimum atomic E-state index is -0.541. The molecule has 52 heavy (non-hydrogen) atoms. The average Bonchev–Trinajstić information content (AvgIpc) is 3.13. The molecule has 2 aromatic carbocycles. The minimum absolute atomic E-state index is 0.104. The molecule has 0 aliphatic heterocycles. The van der Waals surface area contributed by atoms with Crippen LogP contribution in [0, 0.1) is 5.92 Å². The summed E-state index contributed by atoms with van der Waals surface area (Å²) in [5, 5.41) is 20.9. The Balaban J connectivity index is 1.78. The Morgan fingerprint density at radius 2 is 0.962 bits per heavy atom. The molecule has 4 amide bonds. The fourth-order valence-electron chi connectivity index (χ4n) is 6.55. The van der Waals surface area contributed by atoms with E-state index in [2.05, 4.69) is 42.5 Å². The van der Waals surface area contributed by atoms with Gasteiger partial charge in [0.2, 0.25) is 11.8 Å². The highest BCUT2D eigenvalue weighted by molar-refractivity contribution is 6.00. The van der Waals surface area contributed by atoms with Crippen molar-refractivity contribution in [2.24, 2.45) is 5.92 Å². The van der Waals surface area contributed by atoms with E-state index < -0.39 is 11.8 Å². The fourth-order valence-corrected chi connectivity index (χ4v) is 6.55. The standard InChI is InChI=1S/C42H66N4O6/c1-4-7-10-12-14-17-24-32-27-21-29-35(47)38(32)41(51)45-43-37(49)31-20-16-19-26-34(23-9-6-3)40(50)44-46-42(52)39-33(28-22-30-36(39)48)25-18-15-13-11-8-5-2/h21-22,27-30,34,47-48H,4-20,23-26,31H2,1-3H3,(H,43,49)(H,44,50)(H,45,51)(H,46,52). The van der Waals surface area contributed by atoms with E-state index in [1.807, 2.05) is 12.1 Å². The van der Waals surface area contributed by atoms with Gasteiger partial charge in [-0.2, -0.15) is 0 Å². The van der Waals surface area contributed by atoms with Crippen LogP contribution in [-0.4, -0.2) is 33.8 Å². The van der Waals surface area contributed by atoms with Gasteiger partial charge in [0.25, 0.3) is 11.8 Å². The van der Waals surface area contributed by atoms with Crippen LogP contribution in [0.4, 0.5) is 0 Å². The van der Waals surface area contributed by atoms with Crippen LogP contribution < -0.4 is 21.7 Å². The molecule has 6 N–H and O–H groups in total. The highest BCUT2D eigenvalue weighted by Gasteiger charge is 2.21. The van der Waals surface area contributed by atoms with Crippen molar-refractivity contribution < 1.29 is 29.4 Å². The van der Waals surface area contributed by atoms with Crippen molar-refractivity contribution in [3.05, 3.63) is 58.7 Å². The van der Waals surface area contributed by atoms with Gasteiger partial charge in [0.1, 0.15) is 11.5 Å². The average molecular weight is 723 g/mol. The summed E-state index contributed by atoms with van der Waals surface area (Å²) in [6.07, 6.45) is 20.1. The van der Waals surface area contributed by atoms with Crippen molar-refractivity contribution in [2.75, 3.05) is 0 Å². The second-order valence-corrected chi connectivity index (χ2v) is 14.0. The lowest BCUT2D eigenvalue weighted by Crippen LogP contribution is -2.44. The lowest BCUT2D eigenvalue weighted by molar-refractivity contribution is -0.126. The highest BCUT2D eigenvalue weighted by Crippen LogP contribution is 2.25. The number of aromatic hydroxyl groups is 2. The second kappa shape index (κ2) is 26.7. The van der Waals surface area contributed by atoms with Crippen LogP contribution in [0.3, 0.4) is 0 Å². The molecule has 0 saturated carbocycles. The molecular weight excluding hydrogens is 656 g/mol. The summed E-state index contributed by atoms with van der Waals surface area (Å²) in [5.74, 6) is -2.18. The maximum Gasteiger partial charge on any atom is 0.273 e. The number of hydrazine groups is 2. The second-order valence-electron chi connectivity index (χ2n) is 14.0. The van der Waals surface area contributed by atoms with Crippen molar-refractivity contribution in [3.63, 3.8) is 0 Å². The summed E-state index contributed by atoms with van der Waals surface area (Å²) in [7, 11) is 0. The van der Waals surface area contributed by atoms with Crippen molar-refractivity contribution >= 4 is 23.6 Å². The number of phenols is 2. The van der Waals surface area contributed by atoms with Crippen molar-refractivity contribution in [1.29, 1.82) is 0 Å². The third-order valence-corrected chi connectivity index (χ3v) is 9.66. The van der Waals surface area contributed by atoms with Gasteiger partial charge in [-0.05, 0) is 68.2 Å². The van der Waals surface area contributed by atoms with Gasteiger partial charge in [-0.3, -0.25) is 40.9 Å². The number of amides is 4. The number of hydrogen-bond donors (Lipinski definition) is 6. The molecule has 290 valence electrons. The molecule has 0 heterocycles. The van der Waals surface area contributed by atoms with E-state index in [1.165, 1.54) is 50.7 Å². The molecular formula is C42H66N4O6. The number of benzene rings is 2. The lowest BCUT2D eigenvalue weighted by Gasteiger charge is -2.18. The number of carbonyl (C=O) groups excluding carboxylic acids is 4. The van der Waals surface area contributed by atoms with Gasteiger partial charge in [0.05, 0.1) is 11.1 Å². The molecule has 0 aliphatic carbocycles. The topological polar surface area (TPSA) is 157 Å². The molecule has 0 aromatic heterocycles. The molecule has 0 radical (unpaired) electrons. The molecule has 10 nitrogen and oxygen atoms in total. The van der Waals surface area contributed by atoms with Crippen LogP contribution >= 0.6 is 0 Å². The third-order valence-electron chi connectivity index (χ3n) is 9.66. The van der Waals surface area contributed by atoms with Crippen LogP contribution in [0.2, 0.25) is 0 Å². The number of phenolic OH excluding ortho intramolecular Hbond substituents is 2. The number of unbranched alkanes of at least 4 members (excludes halogenated alkanes) is 13. The number of carbonyl (C=O) groups is 4. The first-order chi connectivity index (χ1) is 25.2. The fraction of sp³-hybridized carbons (Fsp3) is 0.619. The van der Waals surface area contributed by atoms with Gasteiger partial charge in [0.15, 0.2) is 0 Å². The SMILES string of the molecule is CCCCCCCCc1cccc(O)c1C(=O)NNC(=O)CCCCCC(CCCC)C(=O)NNC(=O)c1c(O)cccc1CCCCCCCC. The van der Waals surface area contributed by atoms with E-state index in [1.54, 1.807) is 12.1 Å². The Morgan fingerprint density at radius 3 is 1.48 bits per heavy atom. The Labute approximate surface area is 312 Å². The first-order valence-electron chi connectivity index (χ1n) is 20.0. The first-order valence-corrected chi connectivity index (χ1v) is 20.0. The minimum Gasteiger partial charge on any atom is -0.507 e. The highest BCUT2D eigenvalue weighted by atomic mass is 16.3. The van der Waals surface area contributed by atoms with Crippen LogP contribution in [0.25, 0.3) is 0 Å². The van der Waals surface area contributed by atoms with Crippen molar-refractivity contribution in [3.8, 4) is 11.5 Å². The largest absolute Gasteiger partial charge is 0.507 e. The van der Waals surface area contributed by atoms with E-state index in [9.17, 15) is 29.4 Å². The van der Waals surface area contributed by atoms with Gasteiger partial charge < -0.3 is 10.2 Å². The molecule has 1 atom stereocenters. The Morgan fingerprint density at radius 1 is 0.519 bits per heavy atom. The number of aryl methyl sites for hydroxylation is 2. The summed E-state index contributed by atoms with van der Waals surface area (Å²) < 4.78 is 0. The van der Waals surface area contributed by atoms with Gasteiger partial charge in [-0.15, -0.1) is 0 Å². The molecule has 10 heteroatoms. The predicted molar refractivity (Wildman–Crippen MR) is 208 cm³/mol. The van der Waals surface area contributed by atoms with E-state index in [-0.39, 0.29) is 46.8 Å². The van der Waals surface area contributed by atoms with E-state index in [0.717, 1.165) is 68.9 Å². The van der Waals surface area contributed by atoms with Crippen LogP contribution in [0.5, 0.6) is 11.5 Å².